The second kappa shape index (κ2) is 7.48. The summed E-state index contributed by atoms with van der Waals surface area (Å²) in [6, 6.07) is 6.23. The van der Waals surface area contributed by atoms with Gasteiger partial charge in [-0.05, 0) is 37.4 Å². The van der Waals surface area contributed by atoms with Crippen molar-refractivity contribution in [1.82, 2.24) is 5.32 Å². The van der Waals surface area contributed by atoms with Crippen LogP contribution in [-0.4, -0.2) is 6.54 Å². The van der Waals surface area contributed by atoms with Gasteiger partial charge in [-0.3, -0.25) is 0 Å². The van der Waals surface area contributed by atoms with E-state index in [1.165, 1.54) is 4.88 Å². The van der Waals surface area contributed by atoms with E-state index >= 15 is 0 Å². The summed E-state index contributed by atoms with van der Waals surface area (Å²) >= 11 is 1.72. The van der Waals surface area contributed by atoms with E-state index in [9.17, 15) is 0 Å². The molecule has 0 aromatic carbocycles. The lowest BCUT2D eigenvalue weighted by Crippen LogP contribution is -2.13. The summed E-state index contributed by atoms with van der Waals surface area (Å²) in [7, 11) is 0. The zero-order chi connectivity index (χ0) is 13.5. The van der Waals surface area contributed by atoms with Crippen molar-refractivity contribution in [3.05, 3.63) is 45.5 Å². The van der Waals surface area contributed by atoms with Crippen LogP contribution in [0.4, 0.5) is 0 Å². The third-order valence-corrected chi connectivity index (χ3v) is 3.73. The Labute approximate surface area is 118 Å². The Balaban J connectivity index is 1.79. The highest BCUT2D eigenvalue weighted by Gasteiger charge is 2.07. The molecule has 4 heteroatoms. The van der Waals surface area contributed by atoms with Crippen LogP contribution in [0.3, 0.4) is 0 Å². The van der Waals surface area contributed by atoms with E-state index in [0.29, 0.717) is 13.2 Å². The fourth-order valence-electron chi connectivity index (χ4n) is 1.86. The van der Waals surface area contributed by atoms with Gasteiger partial charge in [0, 0.05) is 10.4 Å². The van der Waals surface area contributed by atoms with Crippen molar-refractivity contribution >= 4 is 11.3 Å². The number of hydrogen-bond donors (Lipinski definition) is 1. The van der Waals surface area contributed by atoms with E-state index in [0.717, 1.165) is 36.6 Å². The number of rotatable bonds is 8. The molecule has 0 saturated heterocycles. The van der Waals surface area contributed by atoms with E-state index < -0.39 is 0 Å². The van der Waals surface area contributed by atoms with Crippen LogP contribution in [0.15, 0.2) is 28.0 Å². The highest BCUT2D eigenvalue weighted by atomic mass is 32.1. The van der Waals surface area contributed by atoms with Gasteiger partial charge in [-0.1, -0.05) is 13.0 Å². The molecule has 0 aliphatic rings. The molecule has 3 nitrogen and oxygen atoms in total. The Hall–Kier alpha value is -1.10. The zero-order valence-corrected chi connectivity index (χ0v) is 12.4. The molecule has 0 atom stereocenters. The number of thiophene rings is 1. The lowest BCUT2D eigenvalue weighted by atomic mass is 10.2. The van der Waals surface area contributed by atoms with Gasteiger partial charge in [-0.15, -0.1) is 11.3 Å². The van der Waals surface area contributed by atoms with Gasteiger partial charge >= 0.3 is 0 Å². The van der Waals surface area contributed by atoms with Gasteiger partial charge in [0.25, 0.3) is 0 Å². The molecule has 0 spiro atoms. The van der Waals surface area contributed by atoms with Gasteiger partial charge in [0.05, 0.1) is 19.8 Å². The Morgan fingerprint density at radius 1 is 1.37 bits per heavy atom. The predicted molar refractivity (Wildman–Crippen MR) is 78.3 cm³/mol. The van der Waals surface area contributed by atoms with E-state index in [-0.39, 0.29) is 0 Å². The summed E-state index contributed by atoms with van der Waals surface area (Å²) in [5.41, 5.74) is 1.14. The lowest BCUT2D eigenvalue weighted by molar-refractivity contribution is 0.108. The maximum Gasteiger partial charge on any atom is 0.118 e. The molecule has 2 heterocycles. The van der Waals surface area contributed by atoms with Crippen LogP contribution in [-0.2, 0) is 24.5 Å². The minimum atomic E-state index is 0.612. The SMILES string of the molecule is CCCNCc1cc(COCc2cccs2)c(C)o1. The first kappa shape index (κ1) is 14.3. The third-order valence-electron chi connectivity index (χ3n) is 2.88. The third kappa shape index (κ3) is 4.49. The molecule has 0 unspecified atom stereocenters. The minimum Gasteiger partial charge on any atom is -0.465 e. The van der Waals surface area contributed by atoms with Gasteiger partial charge in [0.2, 0.25) is 0 Å². The van der Waals surface area contributed by atoms with Crippen LogP contribution in [0, 0.1) is 6.92 Å². The second-order valence-electron chi connectivity index (χ2n) is 4.54. The first-order chi connectivity index (χ1) is 9.29. The van der Waals surface area contributed by atoms with Crippen LogP contribution in [0.5, 0.6) is 0 Å². The van der Waals surface area contributed by atoms with Crippen molar-refractivity contribution in [3.63, 3.8) is 0 Å². The molecule has 0 aliphatic carbocycles. The van der Waals surface area contributed by atoms with Crippen LogP contribution in [0.25, 0.3) is 0 Å². The minimum absolute atomic E-state index is 0.612. The van der Waals surface area contributed by atoms with Crippen molar-refractivity contribution in [3.8, 4) is 0 Å². The molecule has 0 fully saturated rings. The summed E-state index contributed by atoms with van der Waals surface area (Å²) in [5, 5.41) is 5.41. The van der Waals surface area contributed by atoms with E-state index in [1.54, 1.807) is 11.3 Å². The van der Waals surface area contributed by atoms with Crippen molar-refractivity contribution in [2.75, 3.05) is 6.54 Å². The first-order valence-corrected chi connectivity index (χ1v) is 7.56. The normalized spacial score (nSPS) is 11.1. The van der Waals surface area contributed by atoms with Crippen LogP contribution in [0.1, 0.15) is 35.3 Å². The molecule has 2 rings (SSSR count). The number of aryl methyl sites for hydroxylation is 1. The molecule has 0 aliphatic heterocycles. The van der Waals surface area contributed by atoms with Gasteiger partial charge in [-0.25, -0.2) is 0 Å². The highest BCUT2D eigenvalue weighted by molar-refractivity contribution is 7.09. The standard InChI is InChI=1S/C15H21NO2S/c1-3-6-16-9-14-8-13(12(2)18-14)10-17-11-15-5-4-7-19-15/h4-5,7-8,16H,3,6,9-11H2,1-2H3. The molecule has 1 N–H and O–H groups in total. The topological polar surface area (TPSA) is 34.4 Å². The van der Waals surface area contributed by atoms with Crippen molar-refractivity contribution < 1.29 is 9.15 Å². The average molecular weight is 279 g/mol. The Morgan fingerprint density at radius 3 is 3.00 bits per heavy atom. The summed E-state index contributed by atoms with van der Waals surface area (Å²) in [6.45, 7) is 7.24. The lowest BCUT2D eigenvalue weighted by Gasteiger charge is -2.00. The van der Waals surface area contributed by atoms with Crippen LogP contribution < -0.4 is 5.32 Å². The van der Waals surface area contributed by atoms with Crippen LogP contribution >= 0.6 is 11.3 Å². The number of nitrogens with one attached hydrogen (secondary N) is 1. The molecule has 0 amide bonds. The molecular formula is C15H21NO2S. The average Bonchev–Trinajstić information content (AvgIpc) is 3.01. The number of hydrogen-bond acceptors (Lipinski definition) is 4. The number of ether oxygens (including phenoxy) is 1. The zero-order valence-electron chi connectivity index (χ0n) is 11.6. The molecule has 2 aromatic rings. The molecule has 0 radical (unpaired) electrons. The highest BCUT2D eigenvalue weighted by Crippen LogP contribution is 2.17. The molecular weight excluding hydrogens is 258 g/mol. The summed E-state index contributed by atoms with van der Waals surface area (Å²) in [6.07, 6.45) is 1.14. The van der Waals surface area contributed by atoms with Crippen molar-refractivity contribution in [1.29, 1.82) is 0 Å². The Kier molecular flexibility index (Phi) is 5.63. The first-order valence-electron chi connectivity index (χ1n) is 6.68. The van der Waals surface area contributed by atoms with Gasteiger partial charge in [0.1, 0.15) is 11.5 Å². The van der Waals surface area contributed by atoms with Crippen molar-refractivity contribution in [2.45, 2.75) is 40.0 Å². The largest absolute Gasteiger partial charge is 0.465 e. The summed E-state index contributed by atoms with van der Waals surface area (Å²) in [4.78, 5) is 1.26. The Bertz CT molecular complexity index is 476. The van der Waals surface area contributed by atoms with Crippen LogP contribution in [0.2, 0.25) is 0 Å². The summed E-state index contributed by atoms with van der Waals surface area (Å²) in [5.74, 6) is 1.94. The van der Waals surface area contributed by atoms with Crippen molar-refractivity contribution in [2.24, 2.45) is 0 Å². The van der Waals surface area contributed by atoms with E-state index in [1.807, 2.05) is 13.0 Å². The fraction of sp³-hybridized carbons (Fsp3) is 0.467. The molecule has 19 heavy (non-hydrogen) atoms. The maximum atomic E-state index is 5.71. The maximum absolute atomic E-state index is 5.71. The summed E-state index contributed by atoms with van der Waals surface area (Å²) < 4.78 is 11.4. The van der Waals surface area contributed by atoms with Gasteiger partial charge in [0.15, 0.2) is 0 Å². The molecule has 2 aromatic heterocycles. The van der Waals surface area contributed by atoms with E-state index in [2.05, 4.69) is 29.8 Å². The van der Waals surface area contributed by atoms with Gasteiger partial charge in [-0.2, -0.15) is 0 Å². The predicted octanol–water partition coefficient (Wildman–Crippen LogP) is 3.87. The molecule has 0 bridgehead atoms. The Morgan fingerprint density at radius 2 is 2.26 bits per heavy atom. The fourth-order valence-corrected chi connectivity index (χ4v) is 2.50. The van der Waals surface area contributed by atoms with Gasteiger partial charge < -0.3 is 14.5 Å². The molecule has 0 saturated carbocycles. The monoisotopic (exact) mass is 279 g/mol. The second-order valence-corrected chi connectivity index (χ2v) is 5.58. The smallest absolute Gasteiger partial charge is 0.118 e. The number of furan rings is 1. The van der Waals surface area contributed by atoms with E-state index in [4.69, 9.17) is 9.15 Å². The molecule has 104 valence electrons. The quantitative estimate of drug-likeness (QED) is 0.745.